The summed E-state index contributed by atoms with van der Waals surface area (Å²) in [6.45, 7) is 6.28. The highest BCUT2D eigenvalue weighted by Gasteiger charge is 2.42. The van der Waals surface area contributed by atoms with Crippen molar-refractivity contribution >= 4 is 32.8 Å². The third-order valence-corrected chi connectivity index (χ3v) is 6.54. The average Bonchev–Trinajstić information content (AvgIpc) is 3.01. The van der Waals surface area contributed by atoms with Crippen LogP contribution in [0.2, 0.25) is 0 Å². The molecule has 1 amide bonds. The summed E-state index contributed by atoms with van der Waals surface area (Å²) in [6.07, 6.45) is 0. The number of halogens is 1. The number of rotatable bonds is 3. The van der Waals surface area contributed by atoms with Crippen molar-refractivity contribution in [3.63, 3.8) is 0 Å². The molecule has 0 spiro atoms. The zero-order valence-corrected chi connectivity index (χ0v) is 19.7. The topological polar surface area (TPSA) is 50.5 Å². The SMILES string of the molecule is Cc1ccc(CN2C(=O)c3oc4cc(C)cc(C)c4c(=O)c3C2c2cccc(Br)c2)cc1. The number of amides is 1. The minimum Gasteiger partial charge on any atom is -0.450 e. The van der Waals surface area contributed by atoms with Crippen LogP contribution < -0.4 is 5.43 Å². The van der Waals surface area contributed by atoms with E-state index in [-0.39, 0.29) is 17.1 Å². The van der Waals surface area contributed by atoms with Gasteiger partial charge in [0.15, 0.2) is 5.43 Å². The van der Waals surface area contributed by atoms with Crippen LogP contribution in [0.1, 0.15) is 50.0 Å². The van der Waals surface area contributed by atoms with Gasteiger partial charge in [0, 0.05) is 11.0 Å². The van der Waals surface area contributed by atoms with Crippen molar-refractivity contribution < 1.29 is 9.21 Å². The van der Waals surface area contributed by atoms with Gasteiger partial charge in [-0.2, -0.15) is 0 Å². The van der Waals surface area contributed by atoms with Crippen LogP contribution in [0.4, 0.5) is 0 Å². The summed E-state index contributed by atoms with van der Waals surface area (Å²) in [4.78, 5) is 29.1. The number of carbonyl (C=O) groups excluding carboxylic acids is 1. The predicted molar refractivity (Wildman–Crippen MR) is 129 cm³/mol. The van der Waals surface area contributed by atoms with E-state index in [4.69, 9.17) is 4.42 Å². The van der Waals surface area contributed by atoms with Crippen molar-refractivity contribution in [1.82, 2.24) is 4.90 Å². The fraction of sp³-hybridized carbons (Fsp3) is 0.185. The molecule has 0 aliphatic carbocycles. The van der Waals surface area contributed by atoms with Crippen LogP contribution in [0, 0.1) is 20.8 Å². The maximum Gasteiger partial charge on any atom is 0.291 e. The molecule has 1 aliphatic heterocycles. The van der Waals surface area contributed by atoms with E-state index in [1.807, 2.05) is 81.4 Å². The minimum atomic E-state index is -0.516. The number of carbonyl (C=O) groups is 1. The van der Waals surface area contributed by atoms with E-state index in [0.717, 1.165) is 32.3 Å². The summed E-state index contributed by atoms with van der Waals surface area (Å²) >= 11 is 3.53. The molecule has 0 saturated heterocycles. The number of hydrogen-bond acceptors (Lipinski definition) is 3. The Balaban J connectivity index is 1.75. The van der Waals surface area contributed by atoms with Crippen molar-refractivity contribution in [2.75, 3.05) is 0 Å². The van der Waals surface area contributed by atoms with Gasteiger partial charge in [-0.3, -0.25) is 9.59 Å². The lowest BCUT2D eigenvalue weighted by Gasteiger charge is -2.25. The van der Waals surface area contributed by atoms with Crippen LogP contribution >= 0.6 is 15.9 Å². The summed E-state index contributed by atoms with van der Waals surface area (Å²) < 4.78 is 7.02. The molecule has 4 aromatic rings. The van der Waals surface area contributed by atoms with E-state index in [2.05, 4.69) is 15.9 Å². The van der Waals surface area contributed by atoms with Crippen molar-refractivity contribution in [2.24, 2.45) is 0 Å². The van der Waals surface area contributed by atoms with Gasteiger partial charge >= 0.3 is 0 Å². The largest absolute Gasteiger partial charge is 0.450 e. The number of nitrogens with zero attached hydrogens (tertiary/aromatic N) is 1. The molecule has 5 rings (SSSR count). The summed E-state index contributed by atoms with van der Waals surface area (Å²) in [6, 6.07) is 19.1. The molecule has 1 aromatic heterocycles. The molecular formula is C27H22BrNO3. The van der Waals surface area contributed by atoms with Gasteiger partial charge in [0.1, 0.15) is 5.58 Å². The van der Waals surface area contributed by atoms with E-state index in [0.29, 0.717) is 23.1 Å². The molecule has 32 heavy (non-hydrogen) atoms. The van der Waals surface area contributed by atoms with Crippen LogP contribution in [0.15, 0.2) is 74.3 Å². The van der Waals surface area contributed by atoms with Gasteiger partial charge in [-0.05, 0) is 61.2 Å². The Labute approximate surface area is 194 Å². The van der Waals surface area contributed by atoms with E-state index in [1.54, 1.807) is 4.90 Å². The van der Waals surface area contributed by atoms with E-state index in [9.17, 15) is 9.59 Å². The summed E-state index contributed by atoms with van der Waals surface area (Å²) in [5.41, 5.74) is 5.61. The second-order valence-corrected chi connectivity index (χ2v) is 9.42. The molecule has 3 aromatic carbocycles. The molecule has 1 atom stereocenters. The first-order chi connectivity index (χ1) is 15.3. The highest BCUT2D eigenvalue weighted by Crippen LogP contribution is 2.40. The zero-order valence-electron chi connectivity index (χ0n) is 18.1. The minimum absolute atomic E-state index is 0.136. The Kier molecular flexibility index (Phi) is 5.01. The number of aryl methyl sites for hydroxylation is 3. The van der Waals surface area contributed by atoms with Crippen LogP contribution in [-0.4, -0.2) is 10.8 Å². The molecular weight excluding hydrogens is 466 g/mol. The van der Waals surface area contributed by atoms with Crippen LogP contribution in [0.25, 0.3) is 11.0 Å². The molecule has 1 aliphatic rings. The molecule has 0 fully saturated rings. The van der Waals surface area contributed by atoms with Gasteiger partial charge in [-0.1, -0.05) is 64.0 Å². The average molecular weight is 488 g/mol. The van der Waals surface area contributed by atoms with Gasteiger partial charge in [-0.15, -0.1) is 0 Å². The molecule has 1 unspecified atom stereocenters. The first kappa shape index (κ1) is 20.7. The Morgan fingerprint density at radius 2 is 1.69 bits per heavy atom. The van der Waals surface area contributed by atoms with Gasteiger partial charge in [0.2, 0.25) is 5.76 Å². The molecule has 0 radical (unpaired) electrons. The summed E-state index contributed by atoms with van der Waals surface area (Å²) in [5.74, 6) is -0.117. The van der Waals surface area contributed by atoms with Crippen molar-refractivity contribution in [1.29, 1.82) is 0 Å². The van der Waals surface area contributed by atoms with E-state index >= 15 is 0 Å². The normalized spacial score (nSPS) is 15.4. The molecule has 0 bridgehead atoms. The van der Waals surface area contributed by atoms with Gasteiger partial charge in [0.25, 0.3) is 5.91 Å². The third kappa shape index (κ3) is 3.37. The fourth-order valence-corrected chi connectivity index (χ4v) is 5.01. The Bertz CT molecular complexity index is 1440. The zero-order chi connectivity index (χ0) is 22.6. The quantitative estimate of drug-likeness (QED) is 0.344. The van der Waals surface area contributed by atoms with Gasteiger partial charge < -0.3 is 9.32 Å². The summed E-state index contributed by atoms with van der Waals surface area (Å²) in [7, 11) is 0. The molecule has 5 heteroatoms. The maximum absolute atomic E-state index is 13.8. The van der Waals surface area contributed by atoms with Crippen molar-refractivity contribution in [2.45, 2.75) is 33.4 Å². The Morgan fingerprint density at radius 1 is 0.938 bits per heavy atom. The Morgan fingerprint density at radius 3 is 2.41 bits per heavy atom. The lowest BCUT2D eigenvalue weighted by atomic mass is 9.96. The molecule has 4 nitrogen and oxygen atoms in total. The Hall–Kier alpha value is -3.18. The second-order valence-electron chi connectivity index (χ2n) is 8.51. The number of fused-ring (bicyclic) bond motifs is 2. The summed E-state index contributed by atoms with van der Waals surface area (Å²) in [5, 5.41) is 0.541. The first-order valence-corrected chi connectivity index (χ1v) is 11.3. The van der Waals surface area contributed by atoms with E-state index in [1.165, 1.54) is 0 Å². The van der Waals surface area contributed by atoms with Gasteiger partial charge in [0.05, 0.1) is 17.0 Å². The highest BCUT2D eigenvalue weighted by atomic mass is 79.9. The maximum atomic E-state index is 13.8. The molecule has 2 heterocycles. The van der Waals surface area contributed by atoms with Crippen molar-refractivity contribution in [3.8, 4) is 0 Å². The van der Waals surface area contributed by atoms with Gasteiger partial charge in [-0.25, -0.2) is 0 Å². The van der Waals surface area contributed by atoms with Crippen LogP contribution in [0.3, 0.4) is 0 Å². The monoisotopic (exact) mass is 487 g/mol. The number of benzene rings is 3. The lowest BCUT2D eigenvalue weighted by Crippen LogP contribution is -2.29. The second kappa shape index (κ2) is 7.75. The van der Waals surface area contributed by atoms with Crippen LogP contribution in [-0.2, 0) is 6.54 Å². The highest BCUT2D eigenvalue weighted by molar-refractivity contribution is 9.10. The predicted octanol–water partition coefficient (Wildman–Crippen LogP) is 6.23. The third-order valence-electron chi connectivity index (χ3n) is 6.05. The fourth-order valence-electron chi connectivity index (χ4n) is 4.59. The molecule has 0 N–H and O–H groups in total. The first-order valence-electron chi connectivity index (χ1n) is 10.5. The lowest BCUT2D eigenvalue weighted by molar-refractivity contribution is 0.0714. The number of hydrogen-bond donors (Lipinski definition) is 0. The molecule has 160 valence electrons. The van der Waals surface area contributed by atoms with E-state index < -0.39 is 6.04 Å². The molecule has 0 saturated carbocycles. The smallest absolute Gasteiger partial charge is 0.291 e. The standard InChI is InChI=1S/C27H22BrNO3/c1-15-7-9-18(10-8-15)14-29-24(19-5-4-6-20(28)13-19)23-25(30)22-17(3)11-16(2)12-21(22)32-26(23)27(29)31/h4-13,24H,14H2,1-3H3. The van der Waals surface area contributed by atoms with Crippen LogP contribution in [0.5, 0.6) is 0 Å². The van der Waals surface area contributed by atoms with Crippen molar-refractivity contribution in [3.05, 3.63) is 115 Å².